The summed E-state index contributed by atoms with van der Waals surface area (Å²) in [5, 5.41) is 3.64. The minimum atomic E-state index is -3.53. The molecule has 0 fully saturated rings. The summed E-state index contributed by atoms with van der Waals surface area (Å²) in [4.78, 5) is 0.297. The highest BCUT2D eigenvalue weighted by atomic mass is 79.9. The largest absolute Gasteiger partial charge is 0.378 e. The van der Waals surface area contributed by atoms with Crippen LogP contribution >= 0.6 is 15.9 Å². The molecule has 4 rings (SSSR count). The highest BCUT2D eigenvalue weighted by Gasteiger charge is 2.38. The maximum absolute atomic E-state index is 12.5. The minimum Gasteiger partial charge on any atom is -0.378 e. The van der Waals surface area contributed by atoms with Gasteiger partial charge in [0, 0.05) is 22.6 Å². The predicted molar refractivity (Wildman–Crippen MR) is 112 cm³/mol. The Morgan fingerprint density at radius 2 is 2.00 bits per heavy atom. The van der Waals surface area contributed by atoms with Gasteiger partial charge in [0.15, 0.2) is 0 Å². The van der Waals surface area contributed by atoms with E-state index in [-0.39, 0.29) is 18.5 Å². The third-order valence-corrected chi connectivity index (χ3v) is 7.24. The first-order valence-corrected chi connectivity index (χ1v) is 11.2. The van der Waals surface area contributed by atoms with Gasteiger partial charge in [-0.2, -0.15) is 0 Å². The first-order chi connectivity index (χ1) is 13.0. The first-order valence-electron chi connectivity index (χ1n) is 8.93. The Morgan fingerprint density at radius 3 is 2.74 bits per heavy atom. The summed E-state index contributed by atoms with van der Waals surface area (Å²) in [6.07, 6.45) is 6.93. The number of benzene rings is 2. The number of hydrogen-bond donors (Lipinski definition) is 2. The highest BCUT2D eigenvalue weighted by molar-refractivity contribution is 9.10. The summed E-state index contributed by atoms with van der Waals surface area (Å²) in [6, 6.07) is 13.9. The first kappa shape index (κ1) is 18.5. The minimum absolute atomic E-state index is 0.201. The molecule has 140 valence electrons. The lowest BCUT2D eigenvalue weighted by molar-refractivity contribution is 0.425. The fourth-order valence-electron chi connectivity index (χ4n) is 3.99. The van der Waals surface area contributed by atoms with Gasteiger partial charge in [-0.1, -0.05) is 46.3 Å². The van der Waals surface area contributed by atoms with Gasteiger partial charge >= 0.3 is 0 Å². The van der Waals surface area contributed by atoms with Crippen molar-refractivity contribution in [2.24, 2.45) is 5.92 Å². The quantitative estimate of drug-likeness (QED) is 0.654. The van der Waals surface area contributed by atoms with Crippen molar-refractivity contribution in [2.45, 2.75) is 23.3 Å². The Morgan fingerprint density at radius 1 is 1.22 bits per heavy atom. The number of halogens is 1. The van der Waals surface area contributed by atoms with Gasteiger partial charge in [-0.3, -0.25) is 0 Å². The van der Waals surface area contributed by atoms with Crippen molar-refractivity contribution in [2.75, 3.05) is 11.9 Å². The zero-order valence-corrected chi connectivity index (χ0v) is 17.1. The maximum Gasteiger partial charge on any atom is 0.240 e. The van der Waals surface area contributed by atoms with Gasteiger partial charge in [-0.05, 0) is 53.8 Å². The SMILES string of the molecule is C=CCNS(=O)(=O)c1ccc2c(c1)C1C=CCC1C(c1ccc(Br)cc1)N2. The molecule has 2 aromatic rings. The Kier molecular flexibility index (Phi) is 4.97. The van der Waals surface area contributed by atoms with E-state index in [0.29, 0.717) is 10.8 Å². The second kappa shape index (κ2) is 7.26. The standard InChI is InChI=1S/C21H21BrN2O2S/c1-2-12-23-27(25,26)16-10-11-20-19(13-16)17-4-3-5-18(17)21(24-20)14-6-8-15(22)9-7-14/h2-4,6-11,13,17-18,21,23-24H,1,5,12H2. The van der Waals surface area contributed by atoms with Crippen LogP contribution < -0.4 is 10.0 Å². The van der Waals surface area contributed by atoms with Crippen LogP contribution in [0.1, 0.15) is 29.5 Å². The van der Waals surface area contributed by atoms with Gasteiger partial charge in [-0.25, -0.2) is 13.1 Å². The zero-order valence-electron chi connectivity index (χ0n) is 14.7. The number of sulfonamides is 1. The van der Waals surface area contributed by atoms with Crippen LogP contribution in [-0.2, 0) is 10.0 Å². The molecule has 0 spiro atoms. The monoisotopic (exact) mass is 444 g/mol. The summed E-state index contributed by atoms with van der Waals surface area (Å²) in [5.74, 6) is 0.585. The molecule has 2 aromatic carbocycles. The average Bonchev–Trinajstić information content (AvgIpc) is 3.16. The number of anilines is 1. The molecule has 2 aliphatic rings. The Balaban J connectivity index is 1.71. The third-order valence-electron chi connectivity index (χ3n) is 5.29. The van der Waals surface area contributed by atoms with E-state index in [1.54, 1.807) is 12.1 Å². The Bertz CT molecular complexity index is 999. The van der Waals surface area contributed by atoms with Crippen LogP contribution in [-0.4, -0.2) is 15.0 Å². The van der Waals surface area contributed by atoms with Crippen molar-refractivity contribution in [3.63, 3.8) is 0 Å². The van der Waals surface area contributed by atoms with Gasteiger partial charge in [0.2, 0.25) is 10.0 Å². The van der Waals surface area contributed by atoms with E-state index in [9.17, 15) is 8.42 Å². The number of allylic oxidation sites excluding steroid dienone is 2. The number of nitrogens with one attached hydrogen (secondary N) is 2. The molecule has 3 atom stereocenters. The normalized spacial score (nSPS) is 23.4. The van der Waals surface area contributed by atoms with Gasteiger partial charge in [0.25, 0.3) is 0 Å². The molecule has 27 heavy (non-hydrogen) atoms. The van der Waals surface area contributed by atoms with Crippen LogP contribution in [0, 0.1) is 5.92 Å². The van der Waals surface area contributed by atoms with E-state index in [2.05, 4.69) is 69.0 Å². The zero-order chi connectivity index (χ0) is 19.0. The summed E-state index contributed by atoms with van der Waals surface area (Å²) >= 11 is 3.49. The molecule has 0 amide bonds. The van der Waals surface area contributed by atoms with Gasteiger partial charge in [-0.15, -0.1) is 6.58 Å². The molecule has 0 aromatic heterocycles. The number of rotatable bonds is 5. The second-order valence-corrected chi connectivity index (χ2v) is 9.60. The van der Waals surface area contributed by atoms with E-state index < -0.39 is 10.0 Å². The van der Waals surface area contributed by atoms with E-state index in [1.807, 2.05) is 6.07 Å². The number of hydrogen-bond acceptors (Lipinski definition) is 3. The highest BCUT2D eigenvalue weighted by Crippen LogP contribution is 2.50. The number of fused-ring (bicyclic) bond motifs is 3. The van der Waals surface area contributed by atoms with Crippen LogP contribution in [0.3, 0.4) is 0 Å². The molecule has 4 nitrogen and oxygen atoms in total. The summed E-state index contributed by atoms with van der Waals surface area (Å²) < 4.78 is 28.6. The molecule has 1 aliphatic heterocycles. The van der Waals surface area contributed by atoms with Crippen molar-refractivity contribution in [3.05, 3.63) is 82.9 Å². The summed E-state index contributed by atoms with van der Waals surface area (Å²) in [7, 11) is -3.53. The second-order valence-electron chi connectivity index (χ2n) is 6.92. The van der Waals surface area contributed by atoms with Crippen LogP contribution in [0.25, 0.3) is 0 Å². The smallest absolute Gasteiger partial charge is 0.240 e. The van der Waals surface area contributed by atoms with Crippen LogP contribution in [0.15, 0.2) is 76.6 Å². The summed E-state index contributed by atoms with van der Waals surface area (Å²) in [6.45, 7) is 3.78. The Labute approximate surface area is 168 Å². The van der Waals surface area contributed by atoms with Gasteiger partial charge < -0.3 is 5.32 Å². The van der Waals surface area contributed by atoms with E-state index in [4.69, 9.17) is 0 Å². The van der Waals surface area contributed by atoms with Crippen LogP contribution in [0.2, 0.25) is 0 Å². The molecule has 0 bridgehead atoms. The third kappa shape index (κ3) is 3.49. The predicted octanol–water partition coefficient (Wildman–Crippen LogP) is 4.74. The molecule has 2 N–H and O–H groups in total. The molecular formula is C21H21BrN2O2S. The molecule has 3 unspecified atom stereocenters. The van der Waals surface area contributed by atoms with Crippen molar-refractivity contribution in [1.29, 1.82) is 0 Å². The van der Waals surface area contributed by atoms with E-state index in [0.717, 1.165) is 22.1 Å². The van der Waals surface area contributed by atoms with E-state index in [1.165, 1.54) is 11.6 Å². The molecular weight excluding hydrogens is 424 g/mol. The topological polar surface area (TPSA) is 58.2 Å². The van der Waals surface area contributed by atoms with Crippen LogP contribution in [0.5, 0.6) is 0 Å². The van der Waals surface area contributed by atoms with Crippen molar-refractivity contribution < 1.29 is 8.42 Å². The molecule has 1 heterocycles. The molecule has 0 radical (unpaired) electrons. The lowest BCUT2D eigenvalue weighted by Crippen LogP contribution is -2.30. The van der Waals surface area contributed by atoms with Gasteiger partial charge in [0.1, 0.15) is 0 Å². The molecule has 6 heteroatoms. The molecule has 0 saturated heterocycles. The lowest BCUT2D eigenvalue weighted by atomic mass is 9.77. The van der Waals surface area contributed by atoms with Crippen molar-refractivity contribution >= 4 is 31.6 Å². The maximum atomic E-state index is 12.5. The molecule has 1 aliphatic carbocycles. The summed E-state index contributed by atoms with van der Waals surface area (Å²) in [5.41, 5.74) is 3.29. The van der Waals surface area contributed by atoms with Crippen LogP contribution in [0.4, 0.5) is 5.69 Å². The fraction of sp³-hybridized carbons (Fsp3) is 0.238. The Hall–Kier alpha value is -1.89. The van der Waals surface area contributed by atoms with E-state index >= 15 is 0 Å². The van der Waals surface area contributed by atoms with Crippen molar-refractivity contribution in [3.8, 4) is 0 Å². The fourth-order valence-corrected chi connectivity index (χ4v) is 5.29. The van der Waals surface area contributed by atoms with Gasteiger partial charge in [0.05, 0.1) is 10.9 Å². The average molecular weight is 445 g/mol. The lowest BCUT2D eigenvalue weighted by Gasteiger charge is -2.37. The van der Waals surface area contributed by atoms with Crippen molar-refractivity contribution in [1.82, 2.24) is 4.72 Å². The molecule has 0 saturated carbocycles.